The van der Waals surface area contributed by atoms with E-state index in [0.29, 0.717) is 6.10 Å². The Morgan fingerprint density at radius 2 is 2.33 bits per heavy atom. The van der Waals surface area contributed by atoms with Crippen molar-refractivity contribution in [1.29, 1.82) is 0 Å². The quantitative estimate of drug-likeness (QED) is 0.875. The summed E-state index contributed by atoms with van der Waals surface area (Å²) in [5.41, 5.74) is 8.44. The molecule has 18 heavy (non-hydrogen) atoms. The average molecular weight is 268 g/mol. The number of hydrogen-bond acceptors (Lipinski definition) is 2. The number of ether oxygens (including phenoxy) is 1. The predicted molar refractivity (Wildman–Crippen MR) is 75.9 cm³/mol. The van der Waals surface area contributed by atoms with E-state index < -0.39 is 0 Å². The lowest BCUT2D eigenvalue weighted by atomic mass is 9.99. The zero-order valence-electron chi connectivity index (χ0n) is 11.0. The largest absolute Gasteiger partial charge is 0.378 e. The highest BCUT2D eigenvalue weighted by molar-refractivity contribution is 6.31. The summed E-state index contributed by atoms with van der Waals surface area (Å²) in [6.07, 6.45) is 6.15. The Labute approximate surface area is 114 Å². The Kier molecular flexibility index (Phi) is 5.04. The van der Waals surface area contributed by atoms with Gasteiger partial charge in [-0.25, -0.2) is 0 Å². The van der Waals surface area contributed by atoms with Crippen LogP contribution in [0.5, 0.6) is 0 Å². The van der Waals surface area contributed by atoms with Crippen LogP contribution in [0.25, 0.3) is 0 Å². The highest BCUT2D eigenvalue weighted by Crippen LogP contribution is 2.24. The van der Waals surface area contributed by atoms with Crippen LogP contribution in [0.1, 0.15) is 49.3 Å². The van der Waals surface area contributed by atoms with Crippen molar-refractivity contribution >= 4 is 11.6 Å². The first kappa shape index (κ1) is 13.9. The zero-order chi connectivity index (χ0) is 13.0. The topological polar surface area (TPSA) is 35.2 Å². The van der Waals surface area contributed by atoms with Crippen molar-refractivity contribution in [3.8, 4) is 0 Å². The van der Waals surface area contributed by atoms with Crippen molar-refractivity contribution in [3.05, 3.63) is 34.3 Å². The van der Waals surface area contributed by atoms with Gasteiger partial charge in [-0.3, -0.25) is 0 Å². The Hall–Kier alpha value is -0.570. The van der Waals surface area contributed by atoms with E-state index in [2.05, 4.69) is 6.07 Å². The van der Waals surface area contributed by atoms with Crippen molar-refractivity contribution in [3.63, 3.8) is 0 Å². The molecule has 3 heteroatoms. The first-order valence-corrected chi connectivity index (χ1v) is 7.18. The summed E-state index contributed by atoms with van der Waals surface area (Å²) in [7, 11) is 0. The van der Waals surface area contributed by atoms with E-state index in [1.807, 2.05) is 19.1 Å². The van der Waals surface area contributed by atoms with Crippen LogP contribution < -0.4 is 5.73 Å². The fraction of sp³-hybridized carbons (Fsp3) is 0.600. The third-order valence-corrected chi connectivity index (χ3v) is 4.10. The molecule has 0 aliphatic carbocycles. The minimum atomic E-state index is 0.0875. The van der Waals surface area contributed by atoms with E-state index in [-0.39, 0.29) is 6.04 Å². The van der Waals surface area contributed by atoms with E-state index in [9.17, 15) is 0 Å². The SMILES string of the molecule is Cc1ccc(C(N)CCCC2CCCO2)cc1Cl. The van der Waals surface area contributed by atoms with E-state index in [1.54, 1.807) is 0 Å². The smallest absolute Gasteiger partial charge is 0.0576 e. The lowest BCUT2D eigenvalue weighted by molar-refractivity contribution is 0.101. The van der Waals surface area contributed by atoms with Gasteiger partial charge in [0.25, 0.3) is 0 Å². The molecule has 0 aromatic heterocycles. The molecule has 1 aliphatic heterocycles. The minimum absolute atomic E-state index is 0.0875. The maximum Gasteiger partial charge on any atom is 0.0576 e. The summed E-state index contributed by atoms with van der Waals surface area (Å²) < 4.78 is 5.61. The molecule has 0 radical (unpaired) electrons. The molecule has 1 saturated heterocycles. The maximum atomic E-state index is 6.20. The summed E-state index contributed by atoms with van der Waals surface area (Å²) in [5, 5.41) is 0.807. The fourth-order valence-electron chi connectivity index (χ4n) is 2.44. The zero-order valence-corrected chi connectivity index (χ0v) is 11.7. The molecule has 2 unspecified atom stereocenters. The number of rotatable bonds is 5. The van der Waals surface area contributed by atoms with Crippen LogP contribution in [0.2, 0.25) is 5.02 Å². The van der Waals surface area contributed by atoms with Gasteiger partial charge in [-0.2, -0.15) is 0 Å². The molecule has 100 valence electrons. The Morgan fingerprint density at radius 1 is 1.50 bits per heavy atom. The molecule has 0 amide bonds. The molecule has 2 N–H and O–H groups in total. The normalized spacial score (nSPS) is 21.2. The van der Waals surface area contributed by atoms with Crippen molar-refractivity contribution in [2.75, 3.05) is 6.61 Å². The van der Waals surface area contributed by atoms with Crippen molar-refractivity contribution in [2.24, 2.45) is 5.73 Å². The second-order valence-corrected chi connectivity index (χ2v) is 5.59. The summed E-state index contributed by atoms with van der Waals surface area (Å²) in [6.45, 7) is 2.94. The van der Waals surface area contributed by atoms with Crippen molar-refractivity contribution < 1.29 is 4.74 Å². The van der Waals surface area contributed by atoms with Crippen LogP contribution in [-0.4, -0.2) is 12.7 Å². The van der Waals surface area contributed by atoms with Gasteiger partial charge in [0.05, 0.1) is 6.10 Å². The van der Waals surface area contributed by atoms with Crippen LogP contribution in [0, 0.1) is 6.92 Å². The van der Waals surface area contributed by atoms with Gasteiger partial charge < -0.3 is 10.5 Å². The third-order valence-electron chi connectivity index (χ3n) is 3.69. The highest BCUT2D eigenvalue weighted by atomic mass is 35.5. The fourth-order valence-corrected chi connectivity index (χ4v) is 2.63. The lowest BCUT2D eigenvalue weighted by Gasteiger charge is -2.14. The molecule has 1 fully saturated rings. The van der Waals surface area contributed by atoms with E-state index in [1.165, 1.54) is 12.8 Å². The Morgan fingerprint density at radius 3 is 3.00 bits per heavy atom. The molecule has 1 aromatic rings. The number of aryl methyl sites for hydroxylation is 1. The summed E-state index contributed by atoms with van der Waals surface area (Å²) in [5.74, 6) is 0. The summed E-state index contributed by atoms with van der Waals surface area (Å²) in [6, 6.07) is 6.20. The van der Waals surface area contributed by atoms with Crippen LogP contribution >= 0.6 is 11.6 Å². The van der Waals surface area contributed by atoms with Crippen molar-refractivity contribution in [2.45, 2.75) is 51.2 Å². The third kappa shape index (κ3) is 3.71. The number of halogens is 1. The standard InChI is InChI=1S/C15H22ClNO/c1-11-7-8-12(10-14(11)16)15(17)6-2-4-13-5-3-9-18-13/h7-8,10,13,15H,2-6,9,17H2,1H3. The molecule has 2 atom stereocenters. The first-order valence-electron chi connectivity index (χ1n) is 6.80. The molecular weight excluding hydrogens is 246 g/mol. The van der Waals surface area contributed by atoms with E-state index in [0.717, 1.165) is 42.0 Å². The van der Waals surface area contributed by atoms with Crippen LogP contribution in [0.4, 0.5) is 0 Å². The van der Waals surface area contributed by atoms with Gasteiger partial charge in [0, 0.05) is 17.7 Å². The average Bonchev–Trinajstić information content (AvgIpc) is 2.85. The maximum absolute atomic E-state index is 6.20. The number of nitrogens with two attached hydrogens (primary N) is 1. The molecule has 1 aliphatic rings. The van der Waals surface area contributed by atoms with Gasteiger partial charge >= 0.3 is 0 Å². The highest BCUT2D eigenvalue weighted by Gasteiger charge is 2.15. The second kappa shape index (κ2) is 6.55. The van der Waals surface area contributed by atoms with Crippen LogP contribution in [0.3, 0.4) is 0 Å². The monoisotopic (exact) mass is 267 g/mol. The Bertz CT molecular complexity index is 388. The van der Waals surface area contributed by atoms with Gasteiger partial charge in [0.2, 0.25) is 0 Å². The van der Waals surface area contributed by atoms with Gasteiger partial charge in [-0.1, -0.05) is 23.7 Å². The second-order valence-electron chi connectivity index (χ2n) is 5.18. The molecule has 1 heterocycles. The van der Waals surface area contributed by atoms with Crippen molar-refractivity contribution in [1.82, 2.24) is 0 Å². The number of benzene rings is 1. The van der Waals surface area contributed by atoms with Gasteiger partial charge in [0.15, 0.2) is 0 Å². The lowest BCUT2D eigenvalue weighted by Crippen LogP contribution is -2.12. The first-order chi connectivity index (χ1) is 8.66. The van der Waals surface area contributed by atoms with Crippen LogP contribution in [-0.2, 0) is 4.74 Å². The van der Waals surface area contributed by atoms with Gasteiger partial charge in [-0.15, -0.1) is 0 Å². The molecule has 0 saturated carbocycles. The molecular formula is C15H22ClNO. The van der Waals surface area contributed by atoms with Gasteiger partial charge in [0.1, 0.15) is 0 Å². The number of hydrogen-bond donors (Lipinski definition) is 1. The molecule has 2 nitrogen and oxygen atoms in total. The Balaban J connectivity index is 1.79. The van der Waals surface area contributed by atoms with Crippen LogP contribution in [0.15, 0.2) is 18.2 Å². The molecule has 0 spiro atoms. The summed E-state index contributed by atoms with van der Waals surface area (Å²) >= 11 is 6.12. The molecule has 2 rings (SSSR count). The van der Waals surface area contributed by atoms with E-state index >= 15 is 0 Å². The van der Waals surface area contributed by atoms with Gasteiger partial charge in [-0.05, 0) is 56.2 Å². The predicted octanol–water partition coefficient (Wildman–Crippen LogP) is 4.00. The molecule has 0 bridgehead atoms. The molecule has 1 aromatic carbocycles. The minimum Gasteiger partial charge on any atom is -0.378 e. The summed E-state index contributed by atoms with van der Waals surface area (Å²) in [4.78, 5) is 0. The van der Waals surface area contributed by atoms with E-state index in [4.69, 9.17) is 22.1 Å².